The van der Waals surface area contributed by atoms with Crippen LogP contribution in [0.15, 0.2) is 0 Å². The van der Waals surface area contributed by atoms with E-state index in [1.807, 2.05) is 20.8 Å². The second-order valence-corrected chi connectivity index (χ2v) is 3.23. The van der Waals surface area contributed by atoms with Gasteiger partial charge in [-0.1, -0.05) is 20.8 Å². The third-order valence-electron chi connectivity index (χ3n) is 1.42. The lowest BCUT2D eigenvalue weighted by atomic mass is 9.93. The minimum Gasteiger partial charge on any atom is -0.286 e. The van der Waals surface area contributed by atoms with Gasteiger partial charge in [0, 0.05) is 5.41 Å². The van der Waals surface area contributed by atoms with Crippen molar-refractivity contribution in [1.29, 1.82) is 0 Å². The number of carbonyl (C=O) groups is 1. The summed E-state index contributed by atoms with van der Waals surface area (Å²) >= 11 is 2.92. The van der Waals surface area contributed by atoms with Crippen LogP contribution in [0.4, 0.5) is 0 Å². The zero-order chi connectivity index (χ0) is 6.78. The summed E-state index contributed by atoms with van der Waals surface area (Å²) in [5, 5.41) is 0. The Morgan fingerprint density at radius 1 is 1.62 bits per heavy atom. The second kappa shape index (κ2) is 2.62. The Bertz CT molecular complexity index is 96.7. The van der Waals surface area contributed by atoms with E-state index in [2.05, 4.69) is 15.9 Å². The monoisotopic (exact) mass is 178 g/mol. The van der Waals surface area contributed by atoms with Gasteiger partial charge in [-0.05, 0) is 22.4 Å². The van der Waals surface area contributed by atoms with Gasteiger partial charge in [-0.25, -0.2) is 0 Å². The van der Waals surface area contributed by atoms with E-state index in [0.29, 0.717) is 0 Å². The maximum Gasteiger partial charge on any atom is 0.203 e. The minimum absolute atomic E-state index is 0.0903. The first-order chi connectivity index (χ1) is 3.50. The fraction of sp³-hybridized carbons (Fsp3) is 0.833. The van der Waals surface area contributed by atoms with Crippen LogP contribution in [0, 0.1) is 5.41 Å². The highest BCUT2D eigenvalue weighted by molar-refractivity contribution is 9.18. The molecule has 0 saturated carbocycles. The van der Waals surface area contributed by atoms with Gasteiger partial charge in [-0.15, -0.1) is 0 Å². The molecular weight excluding hydrogens is 168 g/mol. The van der Waals surface area contributed by atoms with E-state index in [0.717, 1.165) is 6.42 Å². The molecule has 0 atom stereocenters. The van der Waals surface area contributed by atoms with Crippen LogP contribution in [0.3, 0.4) is 0 Å². The molecule has 0 aromatic rings. The smallest absolute Gasteiger partial charge is 0.203 e. The van der Waals surface area contributed by atoms with E-state index < -0.39 is 0 Å². The average Bonchev–Trinajstić information content (AvgIpc) is 1.67. The van der Waals surface area contributed by atoms with E-state index in [9.17, 15) is 4.79 Å². The molecule has 0 aliphatic carbocycles. The SMILES string of the molecule is CCC(C)(C)C(=O)Br. The van der Waals surface area contributed by atoms with Crippen LogP contribution in [0.1, 0.15) is 27.2 Å². The fourth-order valence-corrected chi connectivity index (χ4v) is 0.419. The molecule has 0 aliphatic heterocycles. The van der Waals surface area contributed by atoms with Gasteiger partial charge in [0.05, 0.1) is 0 Å². The lowest BCUT2D eigenvalue weighted by Gasteiger charge is -2.15. The number of halogens is 1. The standard InChI is InChI=1S/C6H11BrO/c1-4-6(2,3)5(7)8/h4H2,1-3H3. The van der Waals surface area contributed by atoms with Gasteiger partial charge in [-0.2, -0.15) is 0 Å². The van der Waals surface area contributed by atoms with E-state index >= 15 is 0 Å². The molecule has 0 spiro atoms. The summed E-state index contributed by atoms with van der Waals surface area (Å²) in [6.45, 7) is 5.84. The van der Waals surface area contributed by atoms with E-state index in [-0.39, 0.29) is 10.1 Å². The van der Waals surface area contributed by atoms with Crippen LogP contribution in [0.5, 0.6) is 0 Å². The van der Waals surface area contributed by atoms with Crippen molar-refractivity contribution in [2.75, 3.05) is 0 Å². The summed E-state index contributed by atoms with van der Waals surface area (Å²) in [5.41, 5.74) is -0.181. The molecule has 0 N–H and O–H groups in total. The molecule has 48 valence electrons. The Morgan fingerprint density at radius 3 is 2.00 bits per heavy atom. The molecule has 0 radical (unpaired) electrons. The molecule has 0 rings (SSSR count). The summed E-state index contributed by atoms with van der Waals surface area (Å²) in [6, 6.07) is 0. The largest absolute Gasteiger partial charge is 0.286 e. The molecule has 0 bridgehead atoms. The highest BCUT2D eigenvalue weighted by Crippen LogP contribution is 2.23. The Kier molecular flexibility index (Phi) is 2.67. The topological polar surface area (TPSA) is 17.1 Å². The Labute approximate surface area is 58.6 Å². The molecule has 0 saturated heterocycles. The molecule has 0 aromatic carbocycles. The first-order valence-electron chi connectivity index (χ1n) is 2.70. The van der Waals surface area contributed by atoms with E-state index in [1.54, 1.807) is 0 Å². The van der Waals surface area contributed by atoms with Crippen molar-refractivity contribution in [3.05, 3.63) is 0 Å². The molecule has 0 heterocycles. The minimum atomic E-state index is -0.181. The van der Waals surface area contributed by atoms with E-state index in [4.69, 9.17) is 0 Å². The van der Waals surface area contributed by atoms with Crippen LogP contribution < -0.4 is 0 Å². The van der Waals surface area contributed by atoms with Crippen molar-refractivity contribution in [1.82, 2.24) is 0 Å². The van der Waals surface area contributed by atoms with Crippen LogP contribution in [0.2, 0.25) is 0 Å². The van der Waals surface area contributed by atoms with Crippen LogP contribution in [-0.4, -0.2) is 4.69 Å². The van der Waals surface area contributed by atoms with Gasteiger partial charge in [0.1, 0.15) is 0 Å². The number of rotatable bonds is 2. The molecular formula is C6H11BrO. The van der Waals surface area contributed by atoms with Gasteiger partial charge in [0.2, 0.25) is 4.69 Å². The van der Waals surface area contributed by atoms with Crippen molar-refractivity contribution >= 4 is 20.6 Å². The molecule has 1 nitrogen and oxygen atoms in total. The van der Waals surface area contributed by atoms with Crippen molar-refractivity contribution in [3.8, 4) is 0 Å². The predicted octanol–water partition coefficient (Wildman–Crippen LogP) is 2.34. The summed E-state index contributed by atoms with van der Waals surface area (Å²) < 4.78 is 0.0903. The predicted molar refractivity (Wildman–Crippen MR) is 38.0 cm³/mol. The average molecular weight is 179 g/mol. The number of carbonyl (C=O) groups excluding carboxylic acids is 1. The fourth-order valence-electron chi connectivity index (χ4n) is 0.139. The third-order valence-corrected chi connectivity index (χ3v) is 2.49. The normalized spacial score (nSPS) is 11.5. The highest BCUT2D eigenvalue weighted by atomic mass is 79.9. The van der Waals surface area contributed by atoms with Crippen molar-refractivity contribution in [2.24, 2.45) is 5.41 Å². The maximum atomic E-state index is 10.6. The first-order valence-corrected chi connectivity index (χ1v) is 3.50. The zero-order valence-electron chi connectivity index (χ0n) is 5.49. The molecule has 0 aromatic heterocycles. The summed E-state index contributed by atoms with van der Waals surface area (Å²) in [5.74, 6) is 0. The molecule has 0 unspecified atom stereocenters. The van der Waals surface area contributed by atoms with Crippen LogP contribution in [-0.2, 0) is 4.79 Å². The summed E-state index contributed by atoms with van der Waals surface area (Å²) in [6.07, 6.45) is 0.886. The van der Waals surface area contributed by atoms with Crippen LogP contribution in [0.25, 0.3) is 0 Å². The van der Waals surface area contributed by atoms with Crippen LogP contribution >= 0.6 is 15.9 Å². The maximum absolute atomic E-state index is 10.6. The number of hydrogen-bond acceptors (Lipinski definition) is 1. The third kappa shape index (κ3) is 1.95. The van der Waals surface area contributed by atoms with Crippen molar-refractivity contribution in [2.45, 2.75) is 27.2 Å². The molecule has 0 fully saturated rings. The summed E-state index contributed by atoms with van der Waals surface area (Å²) in [7, 11) is 0. The lowest BCUT2D eigenvalue weighted by Crippen LogP contribution is -2.16. The zero-order valence-corrected chi connectivity index (χ0v) is 7.08. The molecule has 2 heteroatoms. The number of hydrogen-bond donors (Lipinski definition) is 0. The van der Waals surface area contributed by atoms with E-state index in [1.165, 1.54) is 0 Å². The van der Waals surface area contributed by atoms with Gasteiger partial charge in [0.25, 0.3) is 0 Å². The van der Waals surface area contributed by atoms with Crippen molar-refractivity contribution in [3.63, 3.8) is 0 Å². The molecule has 0 aliphatic rings. The Hall–Kier alpha value is 0.150. The van der Waals surface area contributed by atoms with Gasteiger partial charge < -0.3 is 0 Å². The Balaban J connectivity index is 3.91. The quantitative estimate of drug-likeness (QED) is 0.594. The van der Waals surface area contributed by atoms with Crippen molar-refractivity contribution < 1.29 is 4.79 Å². The van der Waals surface area contributed by atoms with Gasteiger partial charge in [-0.3, -0.25) is 4.79 Å². The highest BCUT2D eigenvalue weighted by Gasteiger charge is 2.21. The summed E-state index contributed by atoms with van der Waals surface area (Å²) in [4.78, 5) is 10.6. The first kappa shape index (κ1) is 8.15. The van der Waals surface area contributed by atoms with Gasteiger partial charge >= 0.3 is 0 Å². The lowest BCUT2D eigenvalue weighted by molar-refractivity contribution is -0.117. The second-order valence-electron chi connectivity index (χ2n) is 2.51. The molecule has 0 amide bonds. The Morgan fingerprint density at radius 2 is 2.00 bits per heavy atom. The molecule has 8 heavy (non-hydrogen) atoms. The van der Waals surface area contributed by atoms with Gasteiger partial charge in [0.15, 0.2) is 0 Å².